The van der Waals surface area contributed by atoms with Crippen molar-refractivity contribution in [2.45, 2.75) is 83.7 Å². The molecule has 0 bridgehead atoms. The first kappa shape index (κ1) is 24.4. The molecule has 0 aliphatic carbocycles. The van der Waals surface area contributed by atoms with Gasteiger partial charge in [0.1, 0.15) is 6.10 Å². The van der Waals surface area contributed by atoms with Crippen molar-refractivity contribution in [3.63, 3.8) is 0 Å². The lowest BCUT2D eigenvalue weighted by atomic mass is 10.1. The van der Waals surface area contributed by atoms with Crippen molar-refractivity contribution in [3.8, 4) is 0 Å². The van der Waals surface area contributed by atoms with Crippen LogP contribution >= 0.6 is 0 Å². The van der Waals surface area contributed by atoms with Crippen LogP contribution in [0.25, 0.3) is 0 Å². The highest BCUT2D eigenvalue weighted by Crippen LogP contribution is 2.21. The highest BCUT2D eigenvalue weighted by atomic mass is 16.6. The summed E-state index contributed by atoms with van der Waals surface area (Å²) in [5.41, 5.74) is 0. The van der Waals surface area contributed by atoms with Gasteiger partial charge in [-0.1, -0.05) is 20.8 Å². The van der Waals surface area contributed by atoms with Crippen LogP contribution in [0.1, 0.15) is 59.3 Å². The minimum Gasteiger partial charge on any atom is -0.378 e. The Labute approximate surface area is 183 Å². The van der Waals surface area contributed by atoms with Crippen molar-refractivity contribution in [1.29, 1.82) is 0 Å². The molecule has 0 aromatic heterocycles. The maximum atomic E-state index is 6.21. The molecule has 6 unspecified atom stereocenters. The zero-order chi connectivity index (χ0) is 21.2. The Kier molecular flexibility index (Phi) is 10.9. The van der Waals surface area contributed by atoms with Crippen molar-refractivity contribution in [3.05, 3.63) is 0 Å². The Morgan fingerprint density at radius 2 is 0.967 bits per heavy atom. The third-order valence-corrected chi connectivity index (χ3v) is 6.18. The highest BCUT2D eigenvalue weighted by molar-refractivity contribution is 4.72. The van der Waals surface area contributed by atoms with Gasteiger partial charge in [-0.2, -0.15) is 0 Å². The van der Waals surface area contributed by atoms with Crippen molar-refractivity contribution in [2.24, 2.45) is 17.8 Å². The van der Waals surface area contributed by atoms with E-state index in [1.165, 1.54) is 0 Å². The summed E-state index contributed by atoms with van der Waals surface area (Å²) in [5, 5.41) is 0. The number of epoxide rings is 3. The fourth-order valence-electron chi connectivity index (χ4n) is 3.61. The molecule has 0 saturated carbocycles. The maximum absolute atomic E-state index is 6.21. The van der Waals surface area contributed by atoms with E-state index in [0.29, 0.717) is 49.3 Å². The van der Waals surface area contributed by atoms with E-state index in [-0.39, 0.29) is 6.10 Å². The summed E-state index contributed by atoms with van der Waals surface area (Å²) in [6.07, 6.45) is 8.44. The lowest BCUT2D eigenvalue weighted by molar-refractivity contribution is -0.0760. The van der Waals surface area contributed by atoms with Crippen LogP contribution in [-0.4, -0.2) is 77.3 Å². The minimum atomic E-state index is 0.00237. The molecule has 176 valence electrons. The molecule has 0 amide bonds. The number of rotatable bonds is 20. The summed E-state index contributed by atoms with van der Waals surface area (Å²) in [7, 11) is 0. The molecule has 3 rings (SSSR count). The van der Waals surface area contributed by atoms with Gasteiger partial charge in [0, 0.05) is 19.8 Å². The molecule has 6 atom stereocenters. The van der Waals surface area contributed by atoms with Crippen molar-refractivity contribution < 1.29 is 28.4 Å². The first-order chi connectivity index (χ1) is 14.6. The SMILES string of the molecule is CC(CCC1CO1)COCC(COCC(C)CCC1CO1)OCC(C)CCC1CO1. The van der Waals surface area contributed by atoms with E-state index in [9.17, 15) is 0 Å². The molecule has 0 aromatic carbocycles. The van der Waals surface area contributed by atoms with Crippen LogP contribution in [0.2, 0.25) is 0 Å². The summed E-state index contributed by atoms with van der Waals surface area (Å²) in [5.74, 6) is 1.64. The van der Waals surface area contributed by atoms with E-state index in [2.05, 4.69) is 20.8 Å². The smallest absolute Gasteiger partial charge is 0.104 e. The average Bonchev–Trinajstić information content (AvgIpc) is 3.56. The van der Waals surface area contributed by atoms with Gasteiger partial charge in [-0.25, -0.2) is 0 Å². The minimum absolute atomic E-state index is 0.00237. The fourth-order valence-corrected chi connectivity index (χ4v) is 3.61. The Hall–Kier alpha value is -0.240. The Morgan fingerprint density at radius 1 is 0.600 bits per heavy atom. The quantitative estimate of drug-likeness (QED) is 0.275. The molecule has 3 aliphatic heterocycles. The fraction of sp³-hybridized carbons (Fsp3) is 1.00. The second kappa shape index (κ2) is 13.3. The molecule has 0 radical (unpaired) electrons. The summed E-state index contributed by atoms with van der Waals surface area (Å²) in [6.45, 7) is 13.1. The normalized spacial score (nSPS) is 28.7. The van der Waals surface area contributed by atoms with E-state index in [1.54, 1.807) is 0 Å². The van der Waals surface area contributed by atoms with Crippen LogP contribution in [0.15, 0.2) is 0 Å². The summed E-state index contributed by atoms with van der Waals surface area (Å²) in [4.78, 5) is 0. The largest absolute Gasteiger partial charge is 0.378 e. The van der Waals surface area contributed by atoms with E-state index in [0.717, 1.165) is 78.2 Å². The predicted octanol–water partition coefficient (Wildman–Crippen LogP) is 3.85. The molecule has 3 aliphatic rings. The molecule has 3 fully saturated rings. The molecule has 3 saturated heterocycles. The number of hydrogen-bond acceptors (Lipinski definition) is 6. The topological polar surface area (TPSA) is 65.3 Å². The Morgan fingerprint density at radius 3 is 1.33 bits per heavy atom. The van der Waals surface area contributed by atoms with Gasteiger partial charge < -0.3 is 28.4 Å². The summed E-state index contributed by atoms with van der Waals surface area (Å²) >= 11 is 0. The number of ether oxygens (including phenoxy) is 6. The zero-order valence-electron chi connectivity index (χ0n) is 19.4. The molecule has 0 N–H and O–H groups in total. The second-order valence-corrected chi connectivity index (χ2v) is 9.94. The molecule has 6 nitrogen and oxygen atoms in total. The van der Waals surface area contributed by atoms with Gasteiger partial charge in [0.05, 0.1) is 51.3 Å². The second-order valence-electron chi connectivity index (χ2n) is 9.94. The van der Waals surface area contributed by atoms with Crippen LogP contribution in [0, 0.1) is 17.8 Å². The van der Waals surface area contributed by atoms with Crippen LogP contribution < -0.4 is 0 Å². The summed E-state index contributed by atoms with van der Waals surface area (Å²) in [6, 6.07) is 0. The van der Waals surface area contributed by atoms with E-state index < -0.39 is 0 Å². The Bertz CT molecular complexity index is 421. The van der Waals surface area contributed by atoms with Gasteiger partial charge in [-0.3, -0.25) is 0 Å². The molecule has 3 heterocycles. The first-order valence-corrected chi connectivity index (χ1v) is 12.2. The summed E-state index contributed by atoms with van der Waals surface area (Å²) < 4.78 is 34.1. The average molecular weight is 429 g/mol. The van der Waals surface area contributed by atoms with Crippen LogP contribution in [-0.2, 0) is 28.4 Å². The predicted molar refractivity (Wildman–Crippen MR) is 116 cm³/mol. The lowest BCUT2D eigenvalue weighted by Gasteiger charge is -2.22. The Balaban J connectivity index is 1.28. The highest BCUT2D eigenvalue weighted by Gasteiger charge is 2.25. The molecule has 0 spiro atoms. The van der Waals surface area contributed by atoms with Gasteiger partial charge in [0.25, 0.3) is 0 Å². The first-order valence-electron chi connectivity index (χ1n) is 12.2. The monoisotopic (exact) mass is 428 g/mol. The van der Waals surface area contributed by atoms with Crippen LogP contribution in [0.3, 0.4) is 0 Å². The van der Waals surface area contributed by atoms with E-state index >= 15 is 0 Å². The number of hydrogen-bond donors (Lipinski definition) is 0. The molecule has 0 aromatic rings. The van der Waals surface area contributed by atoms with Gasteiger partial charge in [-0.05, 0) is 56.3 Å². The third-order valence-electron chi connectivity index (χ3n) is 6.18. The lowest BCUT2D eigenvalue weighted by Crippen LogP contribution is -2.29. The van der Waals surface area contributed by atoms with Crippen molar-refractivity contribution >= 4 is 0 Å². The maximum Gasteiger partial charge on any atom is 0.104 e. The van der Waals surface area contributed by atoms with Gasteiger partial charge in [0.15, 0.2) is 0 Å². The standard InChI is InChI=1S/C24H44O6/c1-18(4-7-21-15-28-21)10-25-13-24(27-12-20(3)6-9-23-17-30-23)14-26-11-19(2)5-8-22-16-29-22/h18-24H,4-17H2,1-3H3. The van der Waals surface area contributed by atoms with Gasteiger partial charge in [-0.15, -0.1) is 0 Å². The third kappa shape index (κ3) is 12.0. The van der Waals surface area contributed by atoms with E-state index in [4.69, 9.17) is 28.4 Å². The van der Waals surface area contributed by atoms with Crippen molar-refractivity contribution in [1.82, 2.24) is 0 Å². The van der Waals surface area contributed by atoms with Crippen LogP contribution in [0.4, 0.5) is 0 Å². The van der Waals surface area contributed by atoms with Crippen molar-refractivity contribution in [2.75, 3.05) is 52.9 Å². The molecular weight excluding hydrogens is 384 g/mol. The zero-order valence-corrected chi connectivity index (χ0v) is 19.4. The van der Waals surface area contributed by atoms with Crippen LogP contribution in [0.5, 0.6) is 0 Å². The molecule has 30 heavy (non-hydrogen) atoms. The van der Waals surface area contributed by atoms with Gasteiger partial charge >= 0.3 is 0 Å². The molecule has 6 heteroatoms. The van der Waals surface area contributed by atoms with Gasteiger partial charge in [0.2, 0.25) is 0 Å². The van der Waals surface area contributed by atoms with E-state index in [1.807, 2.05) is 0 Å². The molecular formula is C24H44O6.